The molecule has 0 aromatic carbocycles. The molecule has 1 aliphatic rings. The molecule has 0 saturated heterocycles. The van der Waals surface area contributed by atoms with E-state index in [0.29, 0.717) is 18.6 Å². The molecule has 0 aliphatic heterocycles. The normalized spacial score (nSPS) is 18.5. The van der Waals surface area contributed by atoms with Crippen LogP contribution in [-0.2, 0) is 0 Å². The van der Waals surface area contributed by atoms with Crippen LogP contribution in [0, 0.1) is 6.92 Å². The topological polar surface area (TPSA) is 38.0 Å². The highest BCUT2D eigenvalue weighted by Crippen LogP contribution is 2.32. The predicted molar refractivity (Wildman–Crippen MR) is 64.7 cm³/mol. The Hall–Kier alpha value is 0.100. The zero-order valence-electron chi connectivity index (χ0n) is 8.22. The van der Waals surface area contributed by atoms with Crippen molar-refractivity contribution in [1.29, 1.82) is 0 Å². The second-order valence-electron chi connectivity index (χ2n) is 3.78. The van der Waals surface area contributed by atoms with Crippen LogP contribution in [0.4, 0.5) is 0 Å². The summed E-state index contributed by atoms with van der Waals surface area (Å²) in [7, 11) is 0. The monoisotopic (exact) mass is 274 g/mol. The van der Waals surface area contributed by atoms with E-state index >= 15 is 0 Å². The van der Waals surface area contributed by atoms with Crippen LogP contribution in [0.1, 0.15) is 28.6 Å². The summed E-state index contributed by atoms with van der Waals surface area (Å²) in [4.78, 5) is 2.68. The van der Waals surface area contributed by atoms with E-state index in [1.165, 1.54) is 27.1 Å². The van der Waals surface area contributed by atoms with Crippen molar-refractivity contribution in [3.05, 3.63) is 20.3 Å². The van der Waals surface area contributed by atoms with E-state index in [9.17, 15) is 0 Å². The van der Waals surface area contributed by atoms with Gasteiger partial charge >= 0.3 is 0 Å². The minimum Gasteiger partial charge on any atom is -0.329 e. The van der Waals surface area contributed by atoms with E-state index in [4.69, 9.17) is 5.73 Å². The molecule has 1 aliphatic carbocycles. The van der Waals surface area contributed by atoms with Gasteiger partial charge in [0.25, 0.3) is 0 Å². The highest BCUT2D eigenvalue weighted by atomic mass is 79.9. The SMILES string of the molecule is Cc1sc(C(CN)NC2CC2)cc1Br. The van der Waals surface area contributed by atoms with Crippen LogP contribution < -0.4 is 11.1 Å². The van der Waals surface area contributed by atoms with Gasteiger partial charge < -0.3 is 11.1 Å². The Bertz CT molecular complexity index is 300. The van der Waals surface area contributed by atoms with Crippen LogP contribution in [0.2, 0.25) is 0 Å². The van der Waals surface area contributed by atoms with E-state index in [0.717, 1.165) is 0 Å². The van der Waals surface area contributed by atoms with Crippen LogP contribution in [0.3, 0.4) is 0 Å². The quantitative estimate of drug-likeness (QED) is 0.886. The lowest BCUT2D eigenvalue weighted by Crippen LogP contribution is -2.29. The highest BCUT2D eigenvalue weighted by molar-refractivity contribution is 9.10. The molecule has 0 amide bonds. The van der Waals surface area contributed by atoms with Gasteiger partial charge in [-0.25, -0.2) is 0 Å². The summed E-state index contributed by atoms with van der Waals surface area (Å²) in [5.41, 5.74) is 5.77. The first kappa shape index (κ1) is 10.6. The molecule has 4 heteroatoms. The lowest BCUT2D eigenvalue weighted by atomic mass is 10.2. The third kappa shape index (κ3) is 2.37. The van der Waals surface area contributed by atoms with Gasteiger partial charge in [-0.15, -0.1) is 11.3 Å². The summed E-state index contributed by atoms with van der Waals surface area (Å²) in [5.74, 6) is 0. The highest BCUT2D eigenvalue weighted by Gasteiger charge is 2.25. The van der Waals surface area contributed by atoms with E-state index in [2.05, 4.69) is 34.2 Å². The minimum atomic E-state index is 0.345. The molecular formula is C10H15BrN2S. The Labute approximate surface area is 97.0 Å². The van der Waals surface area contributed by atoms with Gasteiger partial charge in [0.1, 0.15) is 0 Å². The molecule has 1 aromatic heterocycles. The van der Waals surface area contributed by atoms with Crippen molar-refractivity contribution >= 4 is 27.3 Å². The fourth-order valence-electron chi connectivity index (χ4n) is 1.45. The van der Waals surface area contributed by atoms with Crippen LogP contribution in [0.5, 0.6) is 0 Å². The number of hydrogen-bond donors (Lipinski definition) is 2. The van der Waals surface area contributed by atoms with Crippen LogP contribution in [0.15, 0.2) is 10.5 Å². The molecule has 1 atom stereocenters. The average molecular weight is 275 g/mol. The molecule has 3 N–H and O–H groups in total. The first-order chi connectivity index (χ1) is 6.70. The van der Waals surface area contributed by atoms with Crippen molar-refractivity contribution in [2.75, 3.05) is 6.54 Å². The Balaban J connectivity index is 2.08. The number of halogens is 1. The maximum Gasteiger partial charge on any atom is 0.0541 e. The van der Waals surface area contributed by atoms with Gasteiger partial charge in [-0.3, -0.25) is 0 Å². The number of nitrogens with two attached hydrogens (primary N) is 1. The molecule has 14 heavy (non-hydrogen) atoms. The molecule has 78 valence electrons. The van der Waals surface area contributed by atoms with E-state index in [-0.39, 0.29) is 0 Å². The fourth-order valence-corrected chi connectivity index (χ4v) is 3.09. The van der Waals surface area contributed by atoms with Gasteiger partial charge in [0, 0.05) is 26.8 Å². The van der Waals surface area contributed by atoms with Crippen molar-refractivity contribution in [1.82, 2.24) is 5.32 Å². The summed E-state index contributed by atoms with van der Waals surface area (Å²) in [6.07, 6.45) is 2.62. The first-order valence-electron chi connectivity index (χ1n) is 4.92. The molecule has 1 heterocycles. The van der Waals surface area contributed by atoms with Crippen LogP contribution >= 0.6 is 27.3 Å². The number of rotatable bonds is 4. The molecule has 1 saturated carbocycles. The number of nitrogens with one attached hydrogen (secondary N) is 1. The second-order valence-corrected chi connectivity index (χ2v) is 5.92. The van der Waals surface area contributed by atoms with Gasteiger partial charge in [-0.05, 0) is 41.8 Å². The fraction of sp³-hybridized carbons (Fsp3) is 0.600. The molecule has 1 fully saturated rings. The summed E-state index contributed by atoms with van der Waals surface area (Å²) in [6, 6.07) is 3.25. The van der Waals surface area contributed by atoms with Crippen molar-refractivity contribution in [2.24, 2.45) is 5.73 Å². The molecule has 2 rings (SSSR count). The smallest absolute Gasteiger partial charge is 0.0541 e. The maximum atomic E-state index is 5.77. The zero-order chi connectivity index (χ0) is 10.1. The predicted octanol–water partition coefficient (Wildman–Crippen LogP) is 2.57. The summed E-state index contributed by atoms with van der Waals surface area (Å²) >= 11 is 5.36. The lowest BCUT2D eigenvalue weighted by molar-refractivity contribution is 0.546. The van der Waals surface area contributed by atoms with Crippen LogP contribution in [0.25, 0.3) is 0 Å². The largest absolute Gasteiger partial charge is 0.329 e. The summed E-state index contributed by atoms with van der Waals surface area (Å²) < 4.78 is 1.20. The number of hydrogen-bond acceptors (Lipinski definition) is 3. The number of thiophene rings is 1. The Morgan fingerprint density at radius 2 is 2.43 bits per heavy atom. The molecule has 0 spiro atoms. The van der Waals surface area contributed by atoms with Crippen molar-refractivity contribution in [3.63, 3.8) is 0 Å². The molecule has 0 bridgehead atoms. The van der Waals surface area contributed by atoms with Crippen molar-refractivity contribution in [3.8, 4) is 0 Å². The third-order valence-corrected chi connectivity index (χ3v) is 4.72. The first-order valence-corrected chi connectivity index (χ1v) is 6.53. The molecule has 1 unspecified atom stereocenters. The number of aryl methyl sites for hydroxylation is 1. The molecule has 1 aromatic rings. The Morgan fingerprint density at radius 1 is 1.71 bits per heavy atom. The second kappa shape index (κ2) is 4.31. The Kier molecular flexibility index (Phi) is 3.27. The standard InChI is InChI=1S/C10H15BrN2S/c1-6-8(11)4-10(14-6)9(5-12)13-7-2-3-7/h4,7,9,13H,2-3,5,12H2,1H3. The zero-order valence-corrected chi connectivity index (χ0v) is 10.6. The van der Waals surface area contributed by atoms with Gasteiger partial charge in [-0.2, -0.15) is 0 Å². The van der Waals surface area contributed by atoms with Gasteiger partial charge in [0.05, 0.1) is 6.04 Å². The third-order valence-electron chi connectivity index (χ3n) is 2.47. The van der Waals surface area contributed by atoms with E-state index in [1.54, 1.807) is 0 Å². The van der Waals surface area contributed by atoms with E-state index in [1.807, 2.05) is 11.3 Å². The molecule has 2 nitrogen and oxygen atoms in total. The van der Waals surface area contributed by atoms with Crippen molar-refractivity contribution < 1.29 is 0 Å². The summed E-state index contributed by atoms with van der Waals surface area (Å²) in [6.45, 7) is 2.81. The van der Waals surface area contributed by atoms with Gasteiger partial charge in [-0.1, -0.05) is 0 Å². The van der Waals surface area contributed by atoms with Crippen LogP contribution in [-0.4, -0.2) is 12.6 Å². The minimum absolute atomic E-state index is 0.345. The molecule has 0 radical (unpaired) electrons. The van der Waals surface area contributed by atoms with Crippen molar-refractivity contribution in [2.45, 2.75) is 31.8 Å². The van der Waals surface area contributed by atoms with Gasteiger partial charge in [0.2, 0.25) is 0 Å². The van der Waals surface area contributed by atoms with Gasteiger partial charge in [0.15, 0.2) is 0 Å². The molecular weight excluding hydrogens is 260 g/mol. The van der Waals surface area contributed by atoms with E-state index < -0.39 is 0 Å². The Morgan fingerprint density at radius 3 is 2.86 bits per heavy atom. The average Bonchev–Trinajstić information content (AvgIpc) is 2.91. The maximum absolute atomic E-state index is 5.77. The lowest BCUT2D eigenvalue weighted by Gasteiger charge is -2.14. The summed E-state index contributed by atoms with van der Waals surface area (Å²) in [5, 5.41) is 3.56.